The van der Waals surface area contributed by atoms with Gasteiger partial charge in [-0.2, -0.15) is 0 Å². The molecule has 4 heteroatoms. The normalized spacial score (nSPS) is 26.9. The van der Waals surface area contributed by atoms with Crippen LogP contribution in [0.5, 0.6) is 0 Å². The maximum Gasteiger partial charge on any atom is 0.226 e. The second-order valence-corrected chi connectivity index (χ2v) is 5.48. The van der Waals surface area contributed by atoms with Gasteiger partial charge >= 0.3 is 0 Å². The number of nitrogens with zero attached hydrogens (tertiary/aromatic N) is 1. The summed E-state index contributed by atoms with van der Waals surface area (Å²) in [6.07, 6.45) is 1.16. The molecule has 1 aliphatic heterocycles. The van der Waals surface area contributed by atoms with Crippen LogP contribution in [0.2, 0.25) is 5.02 Å². The number of carbonyl (C=O) groups is 1. The van der Waals surface area contributed by atoms with Gasteiger partial charge in [-0.05, 0) is 24.0 Å². The molecule has 2 unspecified atom stereocenters. The third-order valence-corrected chi connectivity index (χ3v) is 4.25. The number of ether oxygens (including phenoxy) is 1. The molecule has 1 heterocycles. The number of methoxy groups -OCH3 is 1. The lowest BCUT2D eigenvalue weighted by atomic mass is 10.1. The van der Waals surface area contributed by atoms with E-state index in [1.54, 1.807) is 7.11 Å². The van der Waals surface area contributed by atoms with Gasteiger partial charge in [0.05, 0.1) is 6.10 Å². The molecule has 96 valence electrons. The van der Waals surface area contributed by atoms with Crippen molar-refractivity contribution >= 4 is 17.5 Å². The minimum Gasteiger partial charge on any atom is -0.378 e. The van der Waals surface area contributed by atoms with Crippen LogP contribution in [-0.4, -0.2) is 37.1 Å². The number of hydrogen-bond acceptors (Lipinski definition) is 2. The van der Waals surface area contributed by atoms with Gasteiger partial charge in [0.15, 0.2) is 0 Å². The number of amides is 1. The molecule has 2 atom stereocenters. The zero-order chi connectivity index (χ0) is 12.7. The number of halogens is 1. The summed E-state index contributed by atoms with van der Waals surface area (Å²) < 4.78 is 5.18. The second-order valence-electron chi connectivity index (χ2n) is 5.07. The Kier molecular flexibility index (Phi) is 3.04. The Bertz CT molecular complexity index is 471. The molecule has 0 radical (unpaired) electrons. The van der Waals surface area contributed by atoms with Gasteiger partial charge in [-0.25, -0.2) is 0 Å². The number of carbonyl (C=O) groups excluding carboxylic acids is 1. The Morgan fingerprint density at radius 3 is 2.78 bits per heavy atom. The summed E-state index contributed by atoms with van der Waals surface area (Å²) in [7, 11) is 1.69. The van der Waals surface area contributed by atoms with Crippen molar-refractivity contribution < 1.29 is 9.53 Å². The highest BCUT2D eigenvalue weighted by Gasteiger charge is 2.48. The van der Waals surface area contributed by atoms with E-state index in [0.717, 1.165) is 30.1 Å². The van der Waals surface area contributed by atoms with E-state index in [0.29, 0.717) is 5.92 Å². The fraction of sp³-hybridized carbons (Fsp3) is 0.500. The van der Waals surface area contributed by atoms with E-state index in [1.165, 1.54) is 0 Å². The lowest BCUT2D eigenvalue weighted by molar-refractivity contribution is -0.144. The average molecular weight is 266 g/mol. The fourth-order valence-electron chi connectivity index (χ4n) is 2.59. The zero-order valence-electron chi connectivity index (χ0n) is 10.3. The van der Waals surface area contributed by atoms with Crippen LogP contribution in [0.4, 0.5) is 0 Å². The van der Waals surface area contributed by atoms with E-state index in [-0.39, 0.29) is 17.9 Å². The average Bonchev–Trinajstić information content (AvgIpc) is 3.08. The van der Waals surface area contributed by atoms with Crippen molar-refractivity contribution in [2.24, 2.45) is 5.92 Å². The zero-order valence-corrected chi connectivity index (χ0v) is 11.1. The van der Waals surface area contributed by atoms with Crippen molar-refractivity contribution in [1.29, 1.82) is 0 Å². The summed E-state index contributed by atoms with van der Waals surface area (Å²) in [5.41, 5.74) is 1.11. The third kappa shape index (κ3) is 2.02. The summed E-state index contributed by atoms with van der Waals surface area (Å²) >= 11 is 6.16. The summed E-state index contributed by atoms with van der Waals surface area (Å²) in [6, 6.07) is 7.81. The molecule has 1 aromatic rings. The molecule has 1 aliphatic carbocycles. The molecule has 1 saturated heterocycles. The maximum atomic E-state index is 12.2. The lowest BCUT2D eigenvalue weighted by Gasteiger charge is -2.38. The Morgan fingerprint density at radius 1 is 1.39 bits per heavy atom. The van der Waals surface area contributed by atoms with Crippen molar-refractivity contribution in [3.8, 4) is 0 Å². The van der Waals surface area contributed by atoms with E-state index in [1.807, 2.05) is 29.2 Å². The molecule has 0 spiro atoms. The highest BCUT2D eigenvalue weighted by molar-refractivity contribution is 6.31. The molecular weight excluding hydrogens is 250 g/mol. The van der Waals surface area contributed by atoms with Gasteiger partial charge in [-0.1, -0.05) is 29.8 Å². The Hall–Kier alpha value is -1.06. The minimum absolute atomic E-state index is 0.128. The van der Waals surface area contributed by atoms with Crippen LogP contribution in [-0.2, 0) is 9.53 Å². The van der Waals surface area contributed by atoms with E-state index < -0.39 is 0 Å². The number of hydrogen-bond donors (Lipinski definition) is 0. The van der Waals surface area contributed by atoms with Crippen LogP contribution in [0.15, 0.2) is 24.3 Å². The minimum atomic E-state index is 0.128. The molecular formula is C14H16ClNO2. The third-order valence-electron chi connectivity index (χ3n) is 3.91. The molecule has 1 saturated carbocycles. The van der Waals surface area contributed by atoms with E-state index >= 15 is 0 Å². The molecule has 1 amide bonds. The van der Waals surface area contributed by atoms with Crippen LogP contribution < -0.4 is 0 Å². The van der Waals surface area contributed by atoms with Gasteiger partial charge in [0.1, 0.15) is 0 Å². The number of benzene rings is 1. The van der Waals surface area contributed by atoms with Crippen molar-refractivity contribution in [3.05, 3.63) is 34.9 Å². The molecule has 3 nitrogen and oxygen atoms in total. The predicted molar refractivity (Wildman–Crippen MR) is 69.7 cm³/mol. The molecule has 0 bridgehead atoms. The summed E-state index contributed by atoms with van der Waals surface area (Å²) in [4.78, 5) is 14.1. The number of rotatable bonds is 3. The van der Waals surface area contributed by atoms with E-state index in [4.69, 9.17) is 16.3 Å². The molecule has 0 N–H and O–H groups in total. The monoisotopic (exact) mass is 265 g/mol. The van der Waals surface area contributed by atoms with Crippen molar-refractivity contribution in [3.63, 3.8) is 0 Å². The van der Waals surface area contributed by atoms with Gasteiger partial charge in [-0.3, -0.25) is 4.79 Å². The van der Waals surface area contributed by atoms with Gasteiger partial charge in [0.2, 0.25) is 5.91 Å². The Morgan fingerprint density at radius 2 is 2.11 bits per heavy atom. The highest BCUT2D eigenvalue weighted by atomic mass is 35.5. The molecule has 2 fully saturated rings. The van der Waals surface area contributed by atoms with Gasteiger partial charge < -0.3 is 9.64 Å². The SMILES string of the molecule is COC1CN(C(=O)C2CC2c2ccccc2Cl)C1. The first kappa shape index (κ1) is 12.0. The van der Waals surface area contributed by atoms with Crippen LogP contribution >= 0.6 is 11.6 Å². The fourth-order valence-corrected chi connectivity index (χ4v) is 2.86. The van der Waals surface area contributed by atoms with E-state index in [2.05, 4.69) is 0 Å². The van der Waals surface area contributed by atoms with Crippen LogP contribution in [0.25, 0.3) is 0 Å². The van der Waals surface area contributed by atoms with Crippen LogP contribution in [0, 0.1) is 5.92 Å². The first-order chi connectivity index (χ1) is 8.70. The van der Waals surface area contributed by atoms with Gasteiger partial charge in [-0.15, -0.1) is 0 Å². The van der Waals surface area contributed by atoms with Crippen LogP contribution in [0.1, 0.15) is 17.9 Å². The summed E-state index contributed by atoms with van der Waals surface area (Å²) in [5.74, 6) is 0.698. The molecule has 3 rings (SSSR count). The molecule has 0 aromatic heterocycles. The number of likely N-dealkylation sites (tertiary alicyclic amines) is 1. The largest absolute Gasteiger partial charge is 0.378 e. The van der Waals surface area contributed by atoms with Crippen molar-refractivity contribution in [2.75, 3.05) is 20.2 Å². The molecule has 2 aliphatic rings. The predicted octanol–water partition coefficient (Wildman–Crippen LogP) is 2.30. The Labute approximate surface area is 112 Å². The highest BCUT2D eigenvalue weighted by Crippen LogP contribution is 2.50. The first-order valence-electron chi connectivity index (χ1n) is 6.26. The maximum absolute atomic E-state index is 12.2. The first-order valence-corrected chi connectivity index (χ1v) is 6.64. The Balaban J connectivity index is 1.61. The smallest absolute Gasteiger partial charge is 0.226 e. The molecule has 18 heavy (non-hydrogen) atoms. The quantitative estimate of drug-likeness (QED) is 0.839. The van der Waals surface area contributed by atoms with Gasteiger partial charge in [0.25, 0.3) is 0 Å². The van der Waals surface area contributed by atoms with Crippen LogP contribution in [0.3, 0.4) is 0 Å². The molecule has 1 aromatic carbocycles. The topological polar surface area (TPSA) is 29.5 Å². The summed E-state index contributed by atoms with van der Waals surface area (Å²) in [6.45, 7) is 1.47. The summed E-state index contributed by atoms with van der Waals surface area (Å²) in [5, 5.41) is 0.774. The second kappa shape index (κ2) is 4.56. The van der Waals surface area contributed by atoms with Crippen molar-refractivity contribution in [1.82, 2.24) is 4.90 Å². The standard InChI is InChI=1S/C14H16ClNO2/c1-18-9-7-16(8-9)14(17)12-6-11(12)10-4-2-3-5-13(10)15/h2-5,9,11-12H,6-8H2,1H3. The van der Waals surface area contributed by atoms with Crippen molar-refractivity contribution in [2.45, 2.75) is 18.4 Å². The lowest BCUT2D eigenvalue weighted by Crippen LogP contribution is -2.55. The van der Waals surface area contributed by atoms with Gasteiger partial charge in [0, 0.05) is 31.1 Å². The van der Waals surface area contributed by atoms with E-state index in [9.17, 15) is 4.79 Å².